The number of benzene rings is 3. The quantitative estimate of drug-likeness (QED) is 0.122. The first-order valence-electron chi connectivity index (χ1n) is 14.2. The number of hydrogen-bond acceptors (Lipinski definition) is 5. The lowest BCUT2D eigenvalue weighted by atomic mass is 9.94. The van der Waals surface area contributed by atoms with Gasteiger partial charge in [-0.25, -0.2) is 0 Å². The van der Waals surface area contributed by atoms with Crippen molar-refractivity contribution >= 4 is 58.3 Å². The molecule has 0 aliphatic carbocycles. The van der Waals surface area contributed by atoms with Gasteiger partial charge in [-0.15, -0.1) is 0 Å². The summed E-state index contributed by atoms with van der Waals surface area (Å²) in [6.45, 7) is 0.453. The van der Waals surface area contributed by atoms with Crippen LogP contribution < -0.4 is 20.7 Å². The number of ether oxygens (including phenoxy) is 1. The minimum Gasteiger partial charge on any atom is -0.485 e. The van der Waals surface area contributed by atoms with Gasteiger partial charge >= 0.3 is 12.1 Å². The van der Waals surface area contributed by atoms with Crippen LogP contribution >= 0.6 is 34.8 Å². The second kappa shape index (κ2) is 16.4. The first-order chi connectivity index (χ1) is 22.4. The fraction of sp³-hybridized carbons (Fsp3) is 0.312. The van der Waals surface area contributed by atoms with Crippen molar-refractivity contribution < 1.29 is 45.9 Å². The van der Waals surface area contributed by atoms with E-state index in [1.54, 1.807) is 30.3 Å². The van der Waals surface area contributed by atoms with E-state index in [9.17, 15) is 41.1 Å². The molecule has 0 radical (unpaired) electrons. The van der Waals surface area contributed by atoms with Crippen LogP contribution in [0.1, 0.15) is 43.5 Å². The number of carbonyl (C=O) groups excluding carboxylic acids is 4. The van der Waals surface area contributed by atoms with Gasteiger partial charge in [-0.05, 0) is 47.4 Å². The van der Waals surface area contributed by atoms with Gasteiger partial charge in [0, 0.05) is 5.02 Å². The van der Waals surface area contributed by atoms with E-state index in [0.717, 1.165) is 5.32 Å². The van der Waals surface area contributed by atoms with Gasteiger partial charge in [-0.2, -0.15) is 22.0 Å². The molecule has 3 unspecified atom stereocenters. The molecule has 0 aliphatic rings. The predicted octanol–water partition coefficient (Wildman–Crippen LogP) is 7.04. The zero-order valence-corrected chi connectivity index (χ0v) is 27.5. The van der Waals surface area contributed by atoms with Gasteiger partial charge in [-0.3, -0.25) is 19.2 Å². The van der Waals surface area contributed by atoms with Crippen molar-refractivity contribution in [2.75, 3.05) is 6.54 Å². The number of carbonyl (C=O) groups is 4. The summed E-state index contributed by atoms with van der Waals surface area (Å²) in [4.78, 5) is 51.7. The smallest absolute Gasteiger partial charge is 0.405 e. The molecule has 3 atom stereocenters. The molecule has 3 aromatic rings. The lowest BCUT2D eigenvalue weighted by Gasteiger charge is -2.28. The first-order valence-corrected chi connectivity index (χ1v) is 15.3. The summed E-state index contributed by atoms with van der Waals surface area (Å²) in [7, 11) is 0. The molecule has 48 heavy (non-hydrogen) atoms. The number of rotatable bonds is 14. The third-order valence-corrected chi connectivity index (χ3v) is 7.73. The maximum atomic E-state index is 14.8. The topological polar surface area (TPSA) is 114 Å². The Morgan fingerprint density at radius 1 is 0.792 bits per heavy atom. The number of hydrogen-bond donors (Lipinski definition) is 3. The Kier molecular flexibility index (Phi) is 13.2. The average Bonchev–Trinajstić information content (AvgIpc) is 3.01. The van der Waals surface area contributed by atoms with Crippen LogP contribution in [-0.2, 0) is 19.2 Å². The zero-order valence-electron chi connectivity index (χ0n) is 25.2. The van der Waals surface area contributed by atoms with Gasteiger partial charge in [0.1, 0.15) is 24.4 Å². The molecule has 0 saturated carbocycles. The van der Waals surface area contributed by atoms with Crippen molar-refractivity contribution in [3.63, 3.8) is 0 Å². The summed E-state index contributed by atoms with van der Waals surface area (Å²) in [5.41, 5.74) is 0.617. The normalized spacial score (nSPS) is 13.6. The van der Waals surface area contributed by atoms with Gasteiger partial charge in [0.15, 0.2) is 0 Å². The molecule has 258 valence electrons. The highest BCUT2D eigenvalue weighted by Crippen LogP contribution is 2.32. The molecule has 0 spiro atoms. The van der Waals surface area contributed by atoms with Crippen molar-refractivity contribution in [3.05, 3.63) is 99.0 Å². The molecule has 0 fully saturated rings. The van der Waals surface area contributed by atoms with Gasteiger partial charge < -0.3 is 20.7 Å². The second-order valence-corrected chi connectivity index (χ2v) is 12.1. The average molecular weight is 737 g/mol. The molecule has 3 amide bonds. The number of halogens is 8. The van der Waals surface area contributed by atoms with Crippen LogP contribution in [0.2, 0.25) is 15.1 Å². The van der Waals surface area contributed by atoms with Crippen LogP contribution in [0.5, 0.6) is 5.75 Å². The number of amides is 3. The largest absolute Gasteiger partial charge is 0.485 e. The molecule has 0 bridgehead atoms. The maximum absolute atomic E-state index is 14.8. The van der Waals surface area contributed by atoms with Crippen LogP contribution in [0.4, 0.5) is 22.0 Å². The van der Waals surface area contributed by atoms with Crippen LogP contribution in [0.25, 0.3) is 0 Å². The summed E-state index contributed by atoms with van der Waals surface area (Å²) in [5.74, 6) is -12.2. The molecular formula is C32H29Cl3F5N3O5. The van der Waals surface area contributed by atoms with Crippen molar-refractivity contribution in [2.45, 2.75) is 50.6 Å². The van der Waals surface area contributed by atoms with Crippen LogP contribution in [-0.4, -0.2) is 48.2 Å². The van der Waals surface area contributed by atoms with Crippen LogP contribution in [0.15, 0.2) is 72.8 Å². The van der Waals surface area contributed by atoms with Crippen molar-refractivity contribution in [2.24, 2.45) is 5.92 Å². The van der Waals surface area contributed by atoms with E-state index in [0.29, 0.717) is 16.3 Å². The minimum atomic E-state index is -5.01. The Labute approximate surface area is 287 Å². The standard InChI is InChI=1S/C32H29Cl3F5N3O5/c1-17(2)26(28(45)32(39,40)30(47)41-16-31(36,37)38)43-29(46)27(18-7-4-3-5-8-18)42-25(44)15-24(19-11-12-22(34)23(35)13-19)48-21-10-6-9-20(33)14-21/h3-14,17,24,26-27H,15-16H2,1-2H3,(H,41,47)(H,42,44)(H,43,46). The fourth-order valence-electron chi connectivity index (χ4n) is 4.35. The molecule has 3 aromatic carbocycles. The Balaban J connectivity index is 1.87. The molecule has 16 heteroatoms. The number of Topliss-reactive ketones (excluding diaryl/α,β-unsaturated/α-hetero) is 1. The SMILES string of the molecule is CC(C)C(NC(=O)C(NC(=O)CC(Oc1cccc(Cl)c1)c1ccc(Cl)c(Cl)c1)c1ccccc1)C(=O)C(F)(F)C(=O)NCC(F)(F)F. The first kappa shape index (κ1) is 38.5. The van der Waals surface area contributed by atoms with E-state index in [-0.39, 0.29) is 15.6 Å². The van der Waals surface area contributed by atoms with Crippen molar-refractivity contribution in [1.29, 1.82) is 0 Å². The van der Waals surface area contributed by atoms with E-state index in [4.69, 9.17) is 39.5 Å². The van der Waals surface area contributed by atoms with Gasteiger partial charge in [0.2, 0.25) is 17.6 Å². The zero-order chi connectivity index (χ0) is 35.8. The summed E-state index contributed by atoms with van der Waals surface area (Å²) in [5, 5.41) is 6.40. The van der Waals surface area contributed by atoms with E-state index < -0.39 is 72.7 Å². The molecule has 0 aliphatic heterocycles. The van der Waals surface area contributed by atoms with E-state index >= 15 is 0 Å². The lowest BCUT2D eigenvalue weighted by molar-refractivity contribution is -0.165. The summed E-state index contributed by atoms with van der Waals surface area (Å²) in [6, 6.07) is 14.9. The number of ketones is 1. The highest BCUT2D eigenvalue weighted by molar-refractivity contribution is 6.42. The highest BCUT2D eigenvalue weighted by atomic mass is 35.5. The van der Waals surface area contributed by atoms with E-state index in [1.165, 1.54) is 56.3 Å². The van der Waals surface area contributed by atoms with Gasteiger partial charge in [-0.1, -0.05) is 91.1 Å². The molecular weight excluding hydrogens is 708 g/mol. The van der Waals surface area contributed by atoms with Crippen molar-refractivity contribution in [1.82, 2.24) is 16.0 Å². The molecule has 8 nitrogen and oxygen atoms in total. The lowest BCUT2D eigenvalue weighted by Crippen LogP contribution is -2.58. The second-order valence-electron chi connectivity index (χ2n) is 10.8. The summed E-state index contributed by atoms with van der Waals surface area (Å²) in [6.07, 6.45) is -6.43. The monoisotopic (exact) mass is 735 g/mol. The van der Waals surface area contributed by atoms with Crippen LogP contribution in [0.3, 0.4) is 0 Å². The molecule has 0 aromatic heterocycles. The maximum Gasteiger partial charge on any atom is 0.405 e. The summed E-state index contributed by atoms with van der Waals surface area (Å²) >= 11 is 18.3. The van der Waals surface area contributed by atoms with E-state index in [2.05, 4.69) is 10.6 Å². The van der Waals surface area contributed by atoms with Crippen molar-refractivity contribution in [3.8, 4) is 5.75 Å². The van der Waals surface area contributed by atoms with Gasteiger partial charge in [0.25, 0.3) is 5.91 Å². The Hall–Kier alpha value is -3.94. The highest BCUT2D eigenvalue weighted by Gasteiger charge is 2.52. The van der Waals surface area contributed by atoms with E-state index in [1.807, 2.05) is 0 Å². The number of nitrogens with one attached hydrogen (secondary N) is 3. The van der Waals surface area contributed by atoms with Gasteiger partial charge in [0.05, 0.1) is 22.5 Å². The molecule has 0 heterocycles. The number of alkyl halides is 5. The third kappa shape index (κ3) is 10.8. The molecule has 3 N–H and O–H groups in total. The Morgan fingerprint density at radius 3 is 2.04 bits per heavy atom. The Bertz CT molecular complexity index is 1630. The third-order valence-electron chi connectivity index (χ3n) is 6.75. The fourth-order valence-corrected chi connectivity index (χ4v) is 4.84. The molecule has 3 rings (SSSR count). The summed E-state index contributed by atoms with van der Waals surface area (Å²) < 4.78 is 73.0. The predicted molar refractivity (Wildman–Crippen MR) is 169 cm³/mol. The molecule has 0 saturated heterocycles. The van der Waals surface area contributed by atoms with Crippen LogP contribution in [0, 0.1) is 5.92 Å². The Morgan fingerprint density at radius 2 is 1.46 bits per heavy atom. The minimum absolute atomic E-state index is 0.170.